The second-order valence-corrected chi connectivity index (χ2v) is 6.41. The van der Waals surface area contributed by atoms with Gasteiger partial charge in [0.05, 0.1) is 5.69 Å². The van der Waals surface area contributed by atoms with Gasteiger partial charge in [-0.15, -0.1) is 12.4 Å². The first kappa shape index (κ1) is 18.5. The number of hydrogen-bond acceptors (Lipinski definition) is 3. The molecule has 6 heteroatoms. The van der Waals surface area contributed by atoms with Crippen molar-refractivity contribution in [2.45, 2.75) is 32.7 Å². The summed E-state index contributed by atoms with van der Waals surface area (Å²) >= 11 is 0. The summed E-state index contributed by atoms with van der Waals surface area (Å²) in [5.74, 6) is 0.536. The van der Waals surface area contributed by atoms with E-state index in [0.717, 1.165) is 37.3 Å². The minimum atomic E-state index is 0. The molecular formula is C18H25ClN4O. The molecule has 130 valence electrons. The van der Waals surface area contributed by atoms with Crippen LogP contribution in [0, 0.1) is 12.8 Å². The van der Waals surface area contributed by atoms with Crippen LogP contribution in [0.25, 0.3) is 5.69 Å². The van der Waals surface area contributed by atoms with Gasteiger partial charge in [-0.05, 0) is 50.8 Å². The molecule has 2 N–H and O–H groups in total. The van der Waals surface area contributed by atoms with Crippen molar-refractivity contribution in [3.63, 3.8) is 0 Å². The lowest BCUT2D eigenvalue weighted by Gasteiger charge is -2.33. The third-order valence-electron chi connectivity index (χ3n) is 4.68. The van der Waals surface area contributed by atoms with E-state index in [2.05, 4.69) is 5.10 Å². The Kier molecular flexibility index (Phi) is 6.02. The van der Waals surface area contributed by atoms with Crippen LogP contribution in [-0.2, 0) is 0 Å². The number of carbonyl (C=O) groups excluding carboxylic acids is 1. The van der Waals surface area contributed by atoms with Crippen LogP contribution < -0.4 is 5.73 Å². The number of hydrogen-bond donors (Lipinski definition) is 1. The highest BCUT2D eigenvalue weighted by Gasteiger charge is 2.27. The van der Waals surface area contributed by atoms with Gasteiger partial charge >= 0.3 is 0 Å². The number of rotatable bonds is 3. The van der Waals surface area contributed by atoms with E-state index in [1.54, 1.807) is 0 Å². The van der Waals surface area contributed by atoms with Gasteiger partial charge in [-0.25, -0.2) is 4.68 Å². The first-order chi connectivity index (χ1) is 11.1. The Morgan fingerprint density at radius 1 is 1.25 bits per heavy atom. The van der Waals surface area contributed by atoms with E-state index >= 15 is 0 Å². The van der Waals surface area contributed by atoms with Gasteiger partial charge in [0, 0.05) is 24.8 Å². The molecule has 0 saturated carbocycles. The molecule has 1 fully saturated rings. The monoisotopic (exact) mass is 348 g/mol. The van der Waals surface area contributed by atoms with Gasteiger partial charge in [-0.3, -0.25) is 4.79 Å². The fraction of sp³-hybridized carbons (Fsp3) is 0.444. The minimum Gasteiger partial charge on any atom is -0.337 e. The molecule has 1 atom stereocenters. The van der Waals surface area contributed by atoms with Crippen molar-refractivity contribution >= 4 is 18.3 Å². The topological polar surface area (TPSA) is 64.2 Å². The van der Waals surface area contributed by atoms with Gasteiger partial charge < -0.3 is 10.6 Å². The van der Waals surface area contributed by atoms with Crippen molar-refractivity contribution in [2.24, 2.45) is 11.7 Å². The number of piperidine rings is 1. The minimum absolute atomic E-state index is 0. The van der Waals surface area contributed by atoms with Crippen LogP contribution in [0.2, 0.25) is 0 Å². The largest absolute Gasteiger partial charge is 0.337 e. The summed E-state index contributed by atoms with van der Waals surface area (Å²) in [5.41, 5.74) is 8.42. The molecule has 0 spiro atoms. The lowest BCUT2D eigenvalue weighted by Crippen LogP contribution is -2.42. The zero-order chi connectivity index (χ0) is 16.4. The maximum Gasteiger partial charge on any atom is 0.274 e. The van der Waals surface area contributed by atoms with Crippen molar-refractivity contribution in [1.82, 2.24) is 14.7 Å². The van der Waals surface area contributed by atoms with Crippen molar-refractivity contribution in [3.05, 3.63) is 47.8 Å². The predicted molar refractivity (Wildman–Crippen MR) is 97.8 cm³/mol. The molecule has 1 aliphatic rings. The summed E-state index contributed by atoms with van der Waals surface area (Å²) in [6, 6.07) is 12.0. The van der Waals surface area contributed by atoms with Crippen LogP contribution in [0.5, 0.6) is 0 Å². The summed E-state index contributed by atoms with van der Waals surface area (Å²) < 4.78 is 1.82. The number of halogens is 1. The number of carbonyl (C=O) groups is 1. The van der Waals surface area contributed by atoms with Crippen molar-refractivity contribution in [3.8, 4) is 5.69 Å². The average Bonchev–Trinajstić information content (AvgIpc) is 2.97. The number of likely N-dealkylation sites (tertiary alicyclic amines) is 1. The molecule has 24 heavy (non-hydrogen) atoms. The molecule has 0 aliphatic carbocycles. The van der Waals surface area contributed by atoms with E-state index in [4.69, 9.17) is 5.73 Å². The number of aromatic nitrogens is 2. The number of nitrogens with two attached hydrogens (primary N) is 1. The quantitative estimate of drug-likeness (QED) is 0.927. The SMILES string of the molecule is Cc1cc(C(=O)N2CCC(C(C)N)CC2)nn1-c1ccccc1.Cl. The van der Waals surface area contributed by atoms with Gasteiger partial charge in [-0.1, -0.05) is 18.2 Å². The molecular weight excluding hydrogens is 324 g/mol. The highest BCUT2D eigenvalue weighted by molar-refractivity contribution is 5.92. The number of aryl methyl sites for hydroxylation is 1. The van der Waals surface area contributed by atoms with Gasteiger partial charge in [-0.2, -0.15) is 5.10 Å². The molecule has 0 radical (unpaired) electrons. The van der Waals surface area contributed by atoms with Crippen LogP contribution in [0.1, 0.15) is 35.9 Å². The Hall–Kier alpha value is -1.85. The molecule has 1 amide bonds. The van der Waals surface area contributed by atoms with E-state index in [9.17, 15) is 4.79 Å². The standard InChI is InChI=1S/C18H24N4O.ClH/c1-13-12-17(20-22(13)16-6-4-3-5-7-16)18(23)21-10-8-15(9-11-21)14(2)19;/h3-7,12,14-15H,8-11,19H2,1-2H3;1H. The fourth-order valence-electron chi connectivity index (χ4n) is 3.20. The van der Waals surface area contributed by atoms with Crippen molar-refractivity contribution in [1.29, 1.82) is 0 Å². The molecule has 1 aromatic carbocycles. The van der Waals surface area contributed by atoms with Crippen LogP contribution in [0.4, 0.5) is 0 Å². The highest BCUT2D eigenvalue weighted by atomic mass is 35.5. The number of amides is 1. The van der Waals surface area contributed by atoms with E-state index in [0.29, 0.717) is 11.6 Å². The molecule has 2 aromatic rings. The maximum absolute atomic E-state index is 12.7. The molecule has 1 aromatic heterocycles. The predicted octanol–water partition coefficient (Wildman–Crippen LogP) is 2.80. The summed E-state index contributed by atoms with van der Waals surface area (Å²) in [6.07, 6.45) is 1.95. The van der Waals surface area contributed by atoms with Gasteiger partial charge in [0.1, 0.15) is 0 Å². The summed E-state index contributed by atoms with van der Waals surface area (Å²) in [5, 5.41) is 4.51. The fourth-order valence-corrected chi connectivity index (χ4v) is 3.20. The highest BCUT2D eigenvalue weighted by Crippen LogP contribution is 2.21. The van der Waals surface area contributed by atoms with Gasteiger partial charge in [0.2, 0.25) is 0 Å². The van der Waals surface area contributed by atoms with Crippen LogP contribution in [-0.4, -0.2) is 39.7 Å². The first-order valence-corrected chi connectivity index (χ1v) is 8.23. The Morgan fingerprint density at radius 3 is 2.46 bits per heavy atom. The second-order valence-electron chi connectivity index (χ2n) is 6.41. The zero-order valence-corrected chi connectivity index (χ0v) is 15.0. The summed E-state index contributed by atoms with van der Waals surface area (Å²) in [7, 11) is 0. The summed E-state index contributed by atoms with van der Waals surface area (Å²) in [4.78, 5) is 14.6. The molecule has 3 rings (SSSR count). The smallest absolute Gasteiger partial charge is 0.274 e. The first-order valence-electron chi connectivity index (χ1n) is 8.23. The third-order valence-corrected chi connectivity index (χ3v) is 4.68. The molecule has 1 unspecified atom stereocenters. The normalized spacial score (nSPS) is 16.5. The number of nitrogens with zero attached hydrogens (tertiary/aromatic N) is 3. The number of para-hydroxylation sites is 1. The molecule has 5 nitrogen and oxygen atoms in total. The second kappa shape index (κ2) is 7.81. The molecule has 1 saturated heterocycles. The Labute approximate surface area is 149 Å². The lowest BCUT2D eigenvalue weighted by molar-refractivity contribution is 0.0674. The van der Waals surface area contributed by atoms with E-state index < -0.39 is 0 Å². The maximum atomic E-state index is 12.7. The Bertz CT molecular complexity index is 676. The van der Waals surface area contributed by atoms with Crippen LogP contribution in [0.3, 0.4) is 0 Å². The van der Waals surface area contributed by atoms with E-state index in [1.807, 2.05) is 59.8 Å². The number of benzene rings is 1. The third kappa shape index (κ3) is 3.79. The molecule has 1 aliphatic heterocycles. The van der Waals surface area contributed by atoms with Crippen LogP contribution >= 0.6 is 12.4 Å². The lowest BCUT2D eigenvalue weighted by atomic mass is 9.91. The van der Waals surface area contributed by atoms with Crippen LogP contribution in [0.15, 0.2) is 36.4 Å². The zero-order valence-electron chi connectivity index (χ0n) is 14.2. The average molecular weight is 349 g/mol. The van der Waals surface area contributed by atoms with Gasteiger partial charge in [0.15, 0.2) is 5.69 Å². The molecule has 2 heterocycles. The van der Waals surface area contributed by atoms with Crippen molar-refractivity contribution in [2.75, 3.05) is 13.1 Å². The molecule has 0 bridgehead atoms. The summed E-state index contributed by atoms with van der Waals surface area (Å²) in [6.45, 7) is 5.55. The Morgan fingerprint density at radius 2 is 1.88 bits per heavy atom. The Balaban J connectivity index is 0.00000208. The van der Waals surface area contributed by atoms with Gasteiger partial charge in [0.25, 0.3) is 5.91 Å². The van der Waals surface area contributed by atoms with E-state index in [-0.39, 0.29) is 24.4 Å². The van der Waals surface area contributed by atoms with Crippen molar-refractivity contribution < 1.29 is 4.79 Å². The van der Waals surface area contributed by atoms with E-state index in [1.165, 1.54) is 0 Å².